The van der Waals surface area contributed by atoms with Crippen LogP contribution in [0.3, 0.4) is 0 Å². The molecular formula is C15H23BrN2O4. The van der Waals surface area contributed by atoms with Crippen LogP contribution < -0.4 is 14.8 Å². The van der Waals surface area contributed by atoms with Crippen molar-refractivity contribution in [3.05, 3.63) is 16.2 Å². The first-order valence-corrected chi connectivity index (χ1v) is 7.71. The van der Waals surface area contributed by atoms with Crippen molar-refractivity contribution in [2.24, 2.45) is 0 Å². The maximum Gasteiger partial charge on any atom is 0.407 e. The average molecular weight is 375 g/mol. The highest BCUT2D eigenvalue weighted by molar-refractivity contribution is 9.10. The topological polar surface area (TPSA) is 69.7 Å². The third kappa shape index (κ3) is 5.71. The van der Waals surface area contributed by atoms with Gasteiger partial charge in [0.05, 0.1) is 24.4 Å². The van der Waals surface area contributed by atoms with E-state index in [0.717, 1.165) is 0 Å². The van der Waals surface area contributed by atoms with Crippen LogP contribution in [0.1, 0.15) is 33.4 Å². The molecule has 124 valence electrons. The molecule has 1 unspecified atom stereocenters. The molecule has 1 aromatic rings. The molecule has 0 aliphatic rings. The number of methoxy groups -OCH3 is 2. The summed E-state index contributed by atoms with van der Waals surface area (Å²) < 4.78 is 16.5. The summed E-state index contributed by atoms with van der Waals surface area (Å²) in [6, 6.07) is 1.78. The number of halogens is 1. The van der Waals surface area contributed by atoms with E-state index in [4.69, 9.17) is 14.2 Å². The Bertz CT molecular complexity index is 529. The van der Waals surface area contributed by atoms with Crippen molar-refractivity contribution < 1.29 is 19.0 Å². The van der Waals surface area contributed by atoms with Gasteiger partial charge in [0.2, 0.25) is 5.88 Å². The Kier molecular flexibility index (Phi) is 6.47. The lowest BCUT2D eigenvalue weighted by Crippen LogP contribution is -2.42. The van der Waals surface area contributed by atoms with Crippen LogP contribution in [0, 0.1) is 0 Å². The third-order valence-electron chi connectivity index (χ3n) is 2.66. The molecule has 0 bridgehead atoms. The first kappa shape index (κ1) is 18.5. The van der Waals surface area contributed by atoms with Crippen molar-refractivity contribution in [2.45, 2.75) is 45.8 Å². The number of nitrogens with one attached hydrogen (secondary N) is 1. The van der Waals surface area contributed by atoms with Gasteiger partial charge < -0.3 is 19.5 Å². The number of alkyl carbamates (subject to hydrolysis) is 1. The van der Waals surface area contributed by atoms with Crippen molar-refractivity contribution in [3.8, 4) is 11.6 Å². The second-order valence-corrected chi connectivity index (χ2v) is 6.78. The number of nitrogens with zero attached hydrogens (tertiary/aromatic N) is 1. The zero-order valence-electron chi connectivity index (χ0n) is 13.8. The van der Waals surface area contributed by atoms with E-state index in [-0.39, 0.29) is 11.6 Å². The lowest BCUT2D eigenvalue weighted by molar-refractivity contribution is 0.0991. The second-order valence-electron chi connectivity index (χ2n) is 5.92. The van der Waals surface area contributed by atoms with Crippen LogP contribution >= 0.6 is 15.9 Å². The minimum absolute atomic E-state index is 0.340. The van der Waals surface area contributed by atoms with E-state index >= 15 is 0 Å². The van der Waals surface area contributed by atoms with E-state index < -0.39 is 6.09 Å². The molecule has 22 heavy (non-hydrogen) atoms. The number of carbonyl (C=O) groups excluding carboxylic acids is 1. The van der Waals surface area contributed by atoms with E-state index in [2.05, 4.69) is 26.2 Å². The smallest absolute Gasteiger partial charge is 0.407 e. The van der Waals surface area contributed by atoms with Gasteiger partial charge in [0.15, 0.2) is 0 Å². The number of hydrogen-bond donors (Lipinski definition) is 1. The largest absolute Gasteiger partial charge is 0.495 e. The first-order chi connectivity index (χ1) is 10.2. The van der Waals surface area contributed by atoms with Crippen LogP contribution in [0.2, 0.25) is 0 Å². The fraction of sp³-hybridized carbons (Fsp3) is 0.600. The first-order valence-electron chi connectivity index (χ1n) is 6.92. The summed E-state index contributed by atoms with van der Waals surface area (Å²) in [6.45, 7) is 7.48. The normalized spacial score (nSPS) is 12.5. The molecule has 1 N–H and O–H groups in total. The minimum atomic E-state index is -0.456. The Morgan fingerprint density at radius 2 is 2.00 bits per heavy atom. The van der Waals surface area contributed by atoms with Gasteiger partial charge in [-0.25, -0.2) is 9.78 Å². The molecule has 0 saturated carbocycles. The molecule has 0 aliphatic carbocycles. The van der Waals surface area contributed by atoms with Gasteiger partial charge in [0.1, 0.15) is 11.9 Å². The number of ether oxygens (including phenoxy) is 3. The van der Waals surface area contributed by atoms with Gasteiger partial charge in [-0.05, 0) is 43.6 Å². The van der Waals surface area contributed by atoms with Crippen LogP contribution in [-0.2, 0) is 11.2 Å². The van der Waals surface area contributed by atoms with E-state index in [1.54, 1.807) is 27.2 Å². The van der Waals surface area contributed by atoms with Crippen molar-refractivity contribution in [1.29, 1.82) is 0 Å². The van der Waals surface area contributed by atoms with Crippen LogP contribution in [0.4, 0.5) is 4.79 Å². The zero-order chi connectivity index (χ0) is 16.9. The molecule has 1 rings (SSSR count). The highest BCUT2D eigenvalue weighted by atomic mass is 79.9. The quantitative estimate of drug-likeness (QED) is 0.855. The van der Waals surface area contributed by atoms with Crippen LogP contribution in [0.25, 0.3) is 0 Å². The highest BCUT2D eigenvalue weighted by Gasteiger charge is 2.19. The van der Waals surface area contributed by atoms with Crippen molar-refractivity contribution >= 4 is 22.0 Å². The highest BCUT2D eigenvalue weighted by Crippen LogP contribution is 2.30. The summed E-state index contributed by atoms with van der Waals surface area (Å²) in [5.41, 5.74) is 0.326. The van der Waals surface area contributed by atoms with Gasteiger partial charge in [0.25, 0.3) is 0 Å². The molecule has 7 heteroatoms. The molecule has 1 atom stereocenters. The van der Waals surface area contributed by atoms with E-state index in [0.29, 0.717) is 28.2 Å². The van der Waals surface area contributed by atoms with Gasteiger partial charge in [-0.1, -0.05) is 0 Å². The summed E-state index contributed by atoms with van der Waals surface area (Å²) in [6.07, 6.45) is -0.387. The summed E-state index contributed by atoms with van der Waals surface area (Å²) in [4.78, 5) is 16.2. The molecule has 6 nitrogen and oxygen atoms in total. The molecule has 0 aliphatic heterocycles. The lowest BCUT2D eigenvalue weighted by Gasteiger charge is -2.22. The zero-order valence-corrected chi connectivity index (χ0v) is 15.4. The molecule has 0 radical (unpaired) electrons. The minimum Gasteiger partial charge on any atom is -0.495 e. The molecule has 0 spiro atoms. The monoisotopic (exact) mass is 374 g/mol. The van der Waals surface area contributed by atoms with Gasteiger partial charge in [0, 0.05) is 18.0 Å². The van der Waals surface area contributed by atoms with Gasteiger partial charge in [-0.2, -0.15) is 0 Å². The second kappa shape index (κ2) is 7.67. The summed E-state index contributed by atoms with van der Waals surface area (Å²) in [5.74, 6) is 1.07. The Hall–Kier alpha value is -1.50. The fourth-order valence-electron chi connectivity index (χ4n) is 1.79. The molecule has 0 saturated heterocycles. The van der Waals surface area contributed by atoms with Gasteiger partial charge in [-0.15, -0.1) is 0 Å². The Balaban J connectivity index is 2.79. The van der Waals surface area contributed by atoms with Crippen LogP contribution in [0.15, 0.2) is 10.5 Å². The molecule has 0 aromatic carbocycles. The van der Waals surface area contributed by atoms with Crippen LogP contribution in [-0.4, -0.2) is 36.9 Å². The van der Waals surface area contributed by atoms with Crippen LogP contribution in [0.5, 0.6) is 11.6 Å². The standard InChI is InChI=1S/C15H23BrN2O4/c1-9(22-14(19)18-15(2,3)4)7-11-12(20-5)8-10(16)13(17-11)21-6/h8-9H,7H2,1-6H3,(H,18,19). The molecular weight excluding hydrogens is 352 g/mol. The summed E-state index contributed by atoms with van der Waals surface area (Å²) >= 11 is 3.36. The molecule has 1 amide bonds. The number of carbonyl (C=O) groups is 1. The van der Waals surface area contributed by atoms with E-state index in [1.807, 2.05) is 20.8 Å². The Morgan fingerprint density at radius 3 is 2.50 bits per heavy atom. The summed E-state index contributed by atoms with van der Waals surface area (Å²) in [5, 5.41) is 2.75. The maximum absolute atomic E-state index is 11.8. The lowest BCUT2D eigenvalue weighted by atomic mass is 10.1. The number of rotatable bonds is 5. The number of hydrogen-bond acceptors (Lipinski definition) is 5. The Labute approximate surface area is 139 Å². The predicted octanol–water partition coefficient (Wildman–Crippen LogP) is 3.32. The predicted molar refractivity (Wildman–Crippen MR) is 87.6 cm³/mol. The molecule has 0 fully saturated rings. The molecule has 1 heterocycles. The van der Waals surface area contributed by atoms with E-state index in [1.165, 1.54) is 0 Å². The number of amides is 1. The number of pyridine rings is 1. The summed E-state index contributed by atoms with van der Waals surface area (Å²) in [7, 11) is 3.11. The number of aromatic nitrogens is 1. The van der Waals surface area contributed by atoms with Crippen molar-refractivity contribution in [3.63, 3.8) is 0 Å². The SMILES string of the molecule is COc1cc(Br)c(OC)nc1CC(C)OC(=O)NC(C)(C)C. The van der Waals surface area contributed by atoms with E-state index in [9.17, 15) is 4.79 Å². The Morgan fingerprint density at radius 1 is 1.36 bits per heavy atom. The van der Waals surface area contributed by atoms with Crippen molar-refractivity contribution in [1.82, 2.24) is 10.3 Å². The van der Waals surface area contributed by atoms with Crippen molar-refractivity contribution in [2.75, 3.05) is 14.2 Å². The van der Waals surface area contributed by atoms with Gasteiger partial charge in [-0.3, -0.25) is 0 Å². The molecule has 1 aromatic heterocycles. The van der Waals surface area contributed by atoms with Gasteiger partial charge >= 0.3 is 6.09 Å². The maximum atomic E-state index is 11.8. The fourth-order valence-corrected chi connectivity index (χ4v) is 2.25. The average Bonchev–Trinajstić information content (AvgIpc) is 2.37. The third-order valence-corrected chi connectivity index (χ3v) is 3.23.